The van der Waals surface area contributed by atoms with E-state index in [-0.39, 0.29) is 5.82 Å². The predicted octanol–water partition coefficient (Wildman–Crippen LogP) is 3.87. The monoisotopic (exact) mass is 343 g/mol. The normalized spacial score (nSPS) is 21.4. The zero-order chi connectivity index (χ0) is 14.2. The third kappa shape index (κ3) is 2.42. The topological polar surface area (TPSA) is 44.5 Å². The Kier molecular flexibility index (Phi) is 3.91. The summed E-state index contributed by atoms with van der Waals surface area (Å²) in [6, 6.07) is 1.64. The fourth-order valence-corrected chi connectivity index (χ4v) is 3.54. The number of fused-ring (bicyclic) bond motifs is 1. The van der Waals surface area contributed by atoms with Crippen molar-refractivity contribution in [2.24, 2.45) is 5.73 Å². The SMILES string of the molecule is NC1(c2c(F)c(Br)cc3c2OCCCO3)CCCCC1. The Hall–Kier alpha value is -0.810. The lowest BCUT2D eigenvalue weighted by Gasteiger charge is -2.35. The molecular formula is C15H19BrFNO2. The summed E-state index contributed by atoms with van der Waals surface area (Å²) in [5.41, 5.74) is 6.37. The lowest BCUT2D eigenvalue weighted by molar-refractivity contribution is 0.263. The van der Waals surface area contributed by atoms with Gasteiger partial charge in [0.1, 0.15) is 5.82 Å². The molecule has 0 unspecified atom stereocenters. The van der Waals surface area contributed by atoms with Crippen LogP contribution in [0.25, 0.3) is 0 Å². The van der Waals surface area contributed by atoms with Gasteiger partial charge in [-0.2, -0.15) is 0 Å². The molecule has 1 fully saturated rings. The van der Waals surface area contributed by atoms with Crippen LogP contribution in [-0.2, 0) is 5.54 Å². The smallest absolute Gasteiger partial charge is 0.169 e. The van der Waals surface area contributed by atoms with Gasteiger partial charge in [0.05, 0.1) is 23.2 Å². The van der Waals surface area contributed by atoms with Gasteiger partial charge in [-0.15, -0.1) is 0 Å². The van der Waals surface area contributed by atoms with Crippen molar-refractivity contribution in [3.63, 3.8) is 0 Å². The first kappa shape index (κ1) is 14.1. The van der Waals surface area contributed by atoms with Gasteiger partial charge in [0, 0.05) is 18.0 Å². The van der Waals surface area contributed by atoms with Gasteiger partial charge < -0.3 is 15.2 Å². The number of ether oxygens (including phenoxy) is 2. The molecule has 0 bridgehead atoms. The molecular weight excluding hydrogens is 325 g/mol. The van der Waals surface area contributed by atoms with E-state index in [2.05, 4.69) is 15.9 Å². The summed E-state index contributed by atoms with van der Waals surface area (Å²) < 4.78 is 26.5. The number of hydrogen-bond acceptors (Lipinski definition) is 3. The molecule has 0 atom stereocenters. The van der Waals surface area contributed by atoms with Crippen molar-refractivity contribution in [3.05, 3.63) is 21.9 Å². The van der Waals surface area contributed by atoms with E-state index in [1.165, 1.54) is 0 Å². The molecule has 0 amide bonds. The Labute approximate surface area is 126 Å². The van der Waals surface area contributed by atoms with Crippen LogP contribution < -0.4 is 15.2 Å². The van der Waals surface area contributed by atoms with E-state index in [9.17, 15) is 4.39 Å². The summed E-state index contributed by atoms with van der Waals surface area (Å²) in [5.74, 6) is 0.799. The molecule has 2 N–H and O–H groups in total. The highest BCUT2D eigenvalue weighted by Crippen LogP contribution is 2.47. The van der Waals surface area contributed by atoms with Crippen LogP contribution in [0.1, 0.15) is 44.1 Å². The third-order valence-corrected chi connectivity index (χ3v) is 4.75. The fraction of sp³-hybridized carbons (Fsp3) is 0.600. The number of halogens is 2. The van der Waals surface area contributed by atoms with Gasteiger partial charge in [-0.25, -0.2) is 4.39 Å². The Morgan fingerprint density at radius 3 is 2.55 bits per heavy atom. The number of hydrogen-bond donors (Lipinski definition) is 1. The minimum absolute atomic E-state index is 0.307. The first-order chi connectivity index (χ1) is 9.62. The quantitative estimate of drug-likeness (QED) is 0.841. The van der Waals surface area contributed by atoms with Gasteiger partial charge in [0.25, 0.3) is 0 Å². The molecule has 0 radical (unpaired) electrons. The summed E-state index contributed by atoms with van der Waals surface area (Å²) in [6.45, 7) is 1.12. The molecule has 20 heavy (non-hydrogen) atoms. The Morgan fingerprint density at radius 1 is 1.10 bits per heavy atom. The van der Waals surface area contributed by atoms with Crippen LogP contribution in [0.4, 0.5) is 4.39 Å². The third-order valence-electron chi connectivity index (χ3n) is 4.17. The second kappa shape index (κ2) is 5.53. The lowest BCUT2D eigenvalue weighted by Crippen LogP contribution is -2.40. The molecule has 1 aromatic rings. The van der Waals surface area contributed by atoms with E-state index >= 15 is 0 Å². The van der Waals surface area contributed by atoms with E-state index in [1.807, 2.05) is 0 Å². The molecule has 1 heterocycles. The first-order valence-corrected chi connectivity index (χ1v) is 7.98. The molecule has 0 spiro atoms. The fourth-order valence-electron chi connectivity index (χ4n) is 3.13. The molecule has 3 rings (SSSR count). The largest absolute Gasteiger partial charge is 0.490 e. The van der Waals surface area contributed by atoms with Gasteiger partial charge >= 0.3 is 0 Å². The van der Waals surface area contributed by atoms with Crippen molar-refractivity contribution < 1.29 is 13.9 Å². The van der Waals surface area contributed by atoms with Crippen molar-refractivity contribution in [2.75, 3.05) is 13.2 Å². The van der Waals surface area contributed by atoms with Gasteiger partial charge in [-0.1, -0.05) is 19.3 Å². The highest BCUT2D eigenvalue weighted by Gasteiger charge is 2.37. The number of nitrogens with two attached hydrogens (primary N) is 1. The Bertz CT molecular complexity index is 515. The second-order valence-corrected chi connectivity index (χ2v) is 6.50. The maximum Gasteiger partial charge on any atom is 0.169 e. The van der Waals surface area contributed by atoms with Gasteiger partial charge in [-0.3, -0.25) is 0 Å². The van der Waals surface area contributed by atoms with Crippen LogP contribution in [0.3, 0.4) is 0 Å². The van der Waals surface area contributed by atoms with Crippen LogP contribution in [-0.4, -0.2) is 13.2 Å². The zero-order valence-corrected chi connectivity index (χ0v) is 13.0. The van der Waals surface area contributed by atoms with E-state index in [0.29, 0.717) is 34.7 Å². The van der Waals surface area contributed by atoms with Crippen molar-refractivity contribution in [1.82, 2.24) is 0 Å². The van der Waals surface area contributed by atoms with Crippen LogP contribution in [0.15, 0.2) is 10.5 Å². The molecule has 2 aliphatic rings. The molecule has 1 aromatic carbocycles. The molecule has 0 saturated heterocycles. The standard InChI is InChI=1S/C15H19BrFNO2/c16-10-9-11-14(20-8-4-7-19-11)12(13(10)17)15(18)5-2-1-3-6-15/h9H,1-8,18H2. The van der Waals surface area contributed by atoms with Crippen LogP contribution in [0.2, 0.25) is 0 Å². The van der Waals surface area contributed by atoms with E-state index in [0.717, 1.165) is 38.5 Å². The Morgan fingerprint density at radius 2 is 1.80 bits per heavy atom. The van der Waals surface area contributed by atoms with Crippen LogP contribution >= 0.6 is 15.9 Å². The predicted molar refractivity (Wildman–Crippen MR) is 78.7 cm³/mol. The molecule has 1 aliphatic carbocycles. The summed E-state index contributed by atoms with van der Waals surface area (Å²) in [4.78, 5) is 0. The second-order valence-electron chi connectivity index (χ2n) is 5.64. The van der Waals surface area contributed by atoms with Gasteiger partial charge in [0.2, 0.25) is 0 Å². The van der Waals surface area contributed by atoms with Crippen molar-refractivity contribution >= 4 is 15.9 Å². The molecule has 1 saturated carbocycles. The summed E-state index contributed by atoms with van der Waals surface area (Å²) in [5, 5.41) is 0. The van der Waals surface area contributed by atoms with Crippen molar-refractivity contribution in [1.29, 1.82) is 0 Å². The maximum atomic E-state index is 14.7. The summed E-state index contributed by atoms with van der Waals surface area (Å²) in [6.07, 6.45) is 5.58. The van der Waals surface area contributed by atoms with Crippen LogP contribution in [0, 0.1) is 5.82 Å². The number of benzene rings is 1. The molecule has 110 valence electrons. The molecule has 3 nitrogen and oxygen atoms in total. The summed E-state index contributed by atoms with van der Waals surface area (Å²) in [7, 11) is 0. The van der Waals surface area contributed by atoms with Gasteiger partial charge in [0.15, 0.2) is 11.5 Å². The number of rotatable bonds is 1. The lowest BCUT2D eigenvalue weighted by atomic mass is 9.76. The highest BCUT2D eigenvalue weighted by atomic mass is 79.9. The minimum Gasteiger partial charge on any atom is -0.490 e. The maximum absolute atomic E-state index is 14.7. The minimum atomic E-state index is -0.649. The van der Waals surface area contributed by atoms with Crippen molar-refractivity contribution in [3.8, 4) is 11.5 Å². The molecule has 0 aromatic heterocycles. The molecule has 1 aliphatic heterocycles. The zero-order valence-electron chi connectivity index (χ0n) is 11.4. The Balaban J connectivity index is 2.14. The van der Waals surface area contributed by atoms with E-state index in [1.54, 1.807) is 6.07 Å². The first-order valence-electron chi connectivity index (χ1n) is 7.19. The summed E-state index contributed by atoms with van der Waals surface area (Å²) >= 11 is 3.28. The molecule has 5 heteroatoms. The van der Waals surface area contributed by atoms with E-state index in [4.69, 9.17) is 15.2 Å². The average Bonchev–Trinajstić information content (AvgIpc) is 2.65. The van der Waals surface area contributed by atoms with E-state index < -0.39 is 5.54 Å². The van der Waals surface area contributed by atoms with Crippen molar-refractivity contribution in [2.45, 2.75) is 44.1 Å². The highest BCUT2D eigenvalue weighted by molar-refractivity contribution is 9.10. The van der Waals surface area contributed by atoms with Crippen LogP contribution in [0.5, 0.6) is 11.5 Å². The average molecular weight is 344 g/mol. The van der Waals surface area contributed by atoms with Gasteiger partial charge in [-0.05, 0) is 28.8 Å².